The minimum absolute atomic E-state index is 0.0659. The molecule has 3 rings (SSSR count). The van der Waals surface area contributed by atoms with Crippen LogP contribution in [0.25, 0.3) is 6.08 Å². The molecule has 1 amide bonds. The molecule has 5 nitrogen and oxygen atoms in total. The van der Waals surface area contributed by atoms with Crippen molar-refractivity contribution in [1.82, 2.24) is 10.2 Å². The first-order chi connectivity index (χ1) is 16.0. The Morgan fingerprint density at radius 2 is 1.68 bits per heavy atom. The summed E-state index contributed by atoms with van der Waals surface area (Å²) < 4.78 is 31.7. The van der Waals surface area contributed by atoms with Crippen LogP contribution >= 0.6 is 23.2 Å². The van der Waals surface area contributed by atoms with Gasteiger partial charge in [-0.3, -0.25) is 4.79 Å². The van der Waals surface area contributed by atoms with Crippen LogP contribution < -0.4 is 5.32 Å². The minimum atomic E-state index is -5.08. The second kappa shape index (κ2) is 13.4. The molecule has 10 heteroatoms. The van der Waals surface area contributed by atoms with E-state index in [1.807, 2.05) is 12.1 Å². The number of rotatable bonds is 6. The largest absolute Gasteiger partial charge is 0.490 e. The molecule has 184 valence electrons. The molecule has 2 aromatic carbocycles. The lowest BCUT2D eigenvalue weighted by atomic mass is 10.0. The lowest BCUT2D eigenvalue weighted by Gasteiger charge is -2.32. The predicted molar refractivity (Wildman–Crippen MR) is 127 cm³/mol. The van der Waals surface area contributed by atoms with Gasteiger partial charge in [-0.1, -0.05) is 59.6 Å². The number of hydrogen-bond acceptors (Lipinski definition) is 3. The monoisotopic (exact) mass is 516 g/mol. The predicted octanol–water partition coefficient (Wildman–Crippen LogP) is 5.46. The molecule has 1 saturated heterocycles. The number of piperidine rings is 1. The molecule has 34 heavy (non-hydrogen) atoms. The van der Waals surface area contributed by atoms with E-state index in [4.69, 9.17) is 33.1 Å². The van der Waals surface area contributed by atoms with Crippen molar-refractivity contribution in [3.63, 3.8) is 0 Å². The second-order valence-corrected chi connectivity index (χ2v) is 8.48. The van der Waals surface area contributed by atoms with E-state index in [-0.39, 0.29) is 11.9 Å². The van der Waals surface area contributed by atoms with Crippen LogP contribution in [0.2, 0.25) is 10.0 Å². The fourth-order valence-corrected chi connectivity index (χ4v) is 3.58. The minimum Gasteiger partial charge on any atom is -0.475 e. The van der Waals surface area contributed by atoms with E-state index >= 15 is 0 Å². The number of likely N-dealkylation sites (tertiary alicyclic amines) is 1. The molecule has 0 aromatic heterocycles. The fraction of sp³-hybridized carbons (Fsp3) is 0.333. The van der Waals surface area contributed by atoms with Crippen molar-refractivity contribution in [1.29, 1.82) is 0 Å². The number of carboxylic acid groups (broad SMARTS) is 1. The van der Waals surface area contributed by atoms with Crippen LogP contribution in [-0.4, -0.2) is 53.7 Å². The van der Waals surface area contributed by atoms with E-state index < -0.39 is 12.1 Å². The zero-order chi connectivity index (χ0) is 25.1. The maximum absolute atomic E-state index is 12.2. The summed E-state index contributed by atoms with van der Waals surface area (Å²) in [4.78, 5) is 23.5. The zero-order valence-electron chi connectivity index (χ0n) is 18.2. The van der Waals surface area contributed by atoms with Crippen LogP contribution in [0.15, 0.2) is 54.6 Å². The Labute approximate surface area is 206 Å². The van der Waals surface area contributed by atoms with Gasteiger partial charge in [0, 0.05) is 31.8 Å². The summed E-state index contributed by atoms with van der Waals surface area (Å²) in [6, 6.07) is 16.1. The van der Waals surface area contributed by atoms with E-state index in [2.05, 4.69) is 34.5 Å². The van der Waals surface area contributed by atoms with Gasteiger partial charge in [-0.25, -0.2) is 4.79 Å². The van der Waals surface area contributed by atoms with Crippen molar-refractivity contribution in [2.24, 2.45) is 0 Å². The Hall–Kier alpha value is -2.55. The summed E-state index contributed by atoms with van der Waals surface area (Å²) in [5, 5.41) is 11.2. The number of carboxylic acids is 1. The van der Waals surface area contributed by atoms with Crippen LogP contribution in [0.1, 0.15) is 24.0 Å². The van der Waals surface area contributed by atoms with E-state index in [1.165, 1.54) is 5.56 Å². The molecular formula is C24H25Cl2F3N2O3. The van der Waals surface area contributed by atoms with E-state index in [0.29, 0.717) is 10.0 Å². The Bertz CT molecular complexity index is 977. The number of halogens is 5. The van der Waals surface area contributed by atoms with Gasteiger partial charge in [-0.2, -0.15) is 13.2 Å². The topological polar surface area (TPSA) is 69.6 Å². The normalized spacial score (nSPS) is 15.0. The number of aliphatic carboxylic acids is 1. The van der Waals surface area contributed by atoms with Gasteiger partial charge in [0.25, 0.3) is 0 Å². The maximum atomic E-state index is 12.2. The first-order valence-electron chi connectivity index (χ1n) is 10.5. The third-order valence-corrected chi connectivity index (χ3v) is 5.85. The van der Waals surface area contributed by atoms with Crippen LogP contribution in [0.3, 0.4) is 0 Å². The van der Waals surface area contributed by atoms with Crippen molar-refractivity contribution in [2.75, 3.05) is 19.6 Å². The lowest BCUT2D eigenvalue weighted by molar-refractivity contribution is -0.192. The van der Waals surface area contributed by atoms with Crippen LogP contribution in [0.5, 0.6) is 0 Å². The van der Waals surface area contributed by atoms with E-state index in [1.54, 1.807) is 24.3 Å². The highest BCUT2D eigenvalue weighted by Crippen LogP contribution is 2.23. The maximum Gasteiger partial charge on any atom is 0.490 e. The molecule has 1 fully saturated rings. The van der Waals surface area contributed by atoms with E-state index in [0.717, 1.165) is 44.5 Å². The number of hydrogen-bond donors (Lipinski definition) is 2. The van der Waals surface area contributed by atoms with Gasteiger partial charge in [-0.05, 0) is 48.6 Å². The molecule has 0 spiro atoms. The number of nitrogens with one attached hydrogen (secondary N) is 1. The SMILES string of the molecule is O=C(C=Cc1ccc(Cl)c(Cl)c1)NC1CCN(CCc2ccccc2)CC1.O=C(O)C(F)(F)F. The van der Waals surface area contributed by atoms with Gasteiger partial charge in [0.1, 0.15) is 0 Å². The summed E-state index contributed by atoms with van der Waals surface area (Å²) in [6.45, 7) is 3.12. The Morgan fingerprint density at radius 3 is 2.24 bits per heavy atom. The number of carbonyl (C=O) groups excluding carboxylic acids is 1. The number of carbonyl (C=O) groups is 2. The van der Waals surface area contributed by atoms with Crippen molar-refractivity contribution in [3.8, 4) is 0 Å². The second-order valence-electron chi connectivity index (χ2n) is 7.67. The zero-order valence-corrected chi connectivity index (χ0v) is 19.7. The first kappa shape index (κ1) is 27.7. The van der Waals surface area contributed by atoms with Crippen LogP contribution in [0, 0.1) is 0 Å². The third-order valence-electron chi connectivity index (χ3n) is 5.11. The first-order valence-corrected chi connectivity index (χ1v) is 11.3. The average molecular weight is 517 g/mol. The summed E-state index contributed by atoms with van der Waals surface area (Å²) in [5.74, 6) is -2.82. The molecule has 1 aliphatic rings. The lowest BCUT2D eigenvalue weighted by Crippen LogP contribution is -2.44. The Balaban J connectivity index is 0.000000509. The molecular weight excluding hydrogens is 492 g/mol. The number of nitrogens with zero attached hydrogens (tertiary/aromatic N) is 1. The highest BCUT2D eigenvalue weighted by Gasteiger charge is 2.38. The number of amides is 1. The van der Waals surface area contributed by atoms with Gasteiger partial charge < -0.3 is 15.3 Å². The Kier molecular flexibility index (Phi) is 10.9. The van der Waals surface area contributed by atoms with Crippen LogP contribution in [-0.2, 0) is 16.0 Å². The average Bonchev–Trinajstić information content (AvgIpc) is 2.80. The smallest absolute Gasteiger partial charge is 0.475 e. The summed E-state index contributed by atoms with van der Waals surface area (Å²) in [7, 11) is 0. The number of benzene rings is 2. The third kappa shape index (κ3) is 10.2. The summed E-state index contributed by atoms with van der Waals surface area (Å²) in [6.07, 6.45) is 1.28. The fourth-order valence-electron chi connectivity index (χ4n) is 3.27. The molecule has 2 aromatic rings. The molecule has 1 aliphatic heterocycles. The van der Waals surface area contributed by atoms with E-state index in [9.17, 15) is 18.0 Å². The molecule has 0 bridgehead atoms. The highest BCUT2D eigenvalue weighted by molar-refractivity contribution is 6.42. The molecule has 2 N–H and O–H groups in total. The van der Waals surface area contributed by atoms with Gasteiger partial charge >= 0.3 is 12.1 Å². The van der Waals surface area contributed by atoms with Gasteiger partial charge in [0.15, 0.2) is 0 Å². The summed E-state index contributed by atoms with van der Waals surface area (Å²) in [5.41, 5.74) is 2.23. The summed E-state index contributed by atoms with van der Waals surface area (Å²) >= 11 is 11.9. The van der Waals surface area contributed by atoms with Crippen molar-refractivity contribution in [2.45, 2.75) is 31.5 Å². The molecule has 0 unspecified atom stereocenters. The van der Waals surface area contributed by atoms with Crippen molar-refractivity contribution in [3.05, 3.63) is 75.8 Å². The molecule has 0 aliphatic carbocycles. The molecule has 0 radical (unpaired) electrons. The van der Waals surface area contributed by atoms with Gasteiger partial charge in [0.2, 0.25) is 5.91 Å². The standard InChI is InChI=1S/C22H24Cl2N2O.C2HF3O2/c23-20-8-6-18(16-21(20)24)7-9-22(27)25-19-11-14-26(15-12-19)13-10-17-4-2-1-3-5-17;3-2(4,5)1(6)7/h1-9,16,19H,10-15H2,(H,25,27);(H,6,7). The highest BCUT2D eigenvalue weighted by atomic mass is 35.5. The van der Waals surface area contributed by atoms with Gasteiger partial charge in [0.05, 0.1) is 10.0 Å². The van der Waals surface area contributed by atoms with Crippen molar-refractivity contribution >= 4 is 41.2 Å². The quantitative estimate of drug-likeness (QED) is 0.500. The number of alkyl halides is 3. The van der Waals surface area contributed by atoms with Crippen LogP contribution in [0.4, 0.5) is 13.2 Å². The molecule has 0 atom stereocenters. The Morgan fingerprint density at radius 1 is 1.06 bits per heavy atom. The molecule has 0 saturated carbocycles. The van der Waals surface area contributed by atoms with Gasteiger partial charge in [-0.15, -0.1) is 0 Å². The molecule has 1 heterocycles. The van der Waals surface area contributed by atoms with Crippen molar-refractivity contribution < 1.29 is 27.9 Å².